The quantitative estimate of drug-likeness (QED) is 0.272. The van der Waals surface area contributed by atoms with Crippen LogP contribution in [0.1, 0.15) is 36.9 Å². The maximum Gasteiger partial charge on any atom is 0.339 e. The molecule has 0 bridgehead atoms. The Morgan fingerprint density at radius 2 is 1.97 bits per heavy atom. The number of hydrogen-bond acceptors (Lipinski definition) is 5. The zero-order valence-corrected chi connectivity index (χ0v) is 20.5. The lowest BCUT2D eigenvalue weighted by Gasteiger charge is -2.11. The number of hydrazone groups is 1. The predicted molar refractivity (Wildman–Crippen MR) is 132 cm³/mol. The molecule has 168 valence electrons. The number of rotatable bonds is 5. The normalized spacial score (nSPS) is 14.8. The Balaban J connectivity index is 1.60. The Morgan fingerprint density at radius 3 is 2.70 bits per heavy atom. The lowest BCUT2D eigenvalue weighted by Crippen LogP contribution is -2.21. The second-order valence-electron chi connectivity index (χ2n) is 7.69. The van der Waals surface area contributed by atoms with Crippen molar-refractivity contribution in [2.24, 2.45) is 5.10 Å². The van der Waals surface area contributed by atoms with Crippen molar-refractivity contribution < 1.29 is 18.7 Å². The van der Waals surface area contributed by atoms with Gasteiger partial charge in [0.1, 0.15) is 11.5 Å². The number of hydrogen-bond donors (Lipinski definition) is 0. The molecule has 0 aliphatic carbocycles. The Kier molecular flexibility index (Phi) is 6.54. The maximum atomic E-state index is 13.0. The number of nitrogens with zero attached hydrogens (tertiary/aromatic N) is 2. The van der Waals surface area contributed by atoms with Crippen LogP contribution in [0.4, 0.5) is 5.69 Å². The van der Waals surface area contributed by atoms with E-state index in [2.05, 4.69) is 21.0 Å². The highest BCUT2D eigenvalue weighted by Gasteiger charge is 2.29. The van der Waals surface area contributed by atoms with Gasteiger partial charge in [-0.1, -0.05) is 33.6 Å². The van der Waals surface area contributed by atoms with Gasteiger partial charge in [0.2, 0.25) is 0 Å². The molecule has 8 heteroatoms. The topological polar surface area (TPSA) is 72.1 Å². The van der Waals surface area contributed by atoms with Gasteiger partial charge in [0.25, 0.3) is 5.91 Å². The highest BCUT2D eigenvalue weighted by Crippen LogP contribution is 2.30. The summed E-state index contributed by atoms with van der Waals surface area (Å²) in [5, 5.41) is 6.05. The van der Waals surface area contributed by atoms with Crippen molar-refractivity contribution in [1.82, 2.24) is 0 Å². The van der Waals surface area contributed by atoms with Crippen molar-refractivity contribution in [2.75, 3.05) is 5.01 Å². The highest BCUT2D eigenvalue weighted by molar-refractivity contribution is 9.10. The fourth-order valence-electron chi connectivity index (χ4n) is 3.31. The van der Waals surface area contributed by atoms with Crippen molar-refractivity contribution in [2.45, 2.75) is 26.9 Å². The molecule has 1 aliphatic rings. The van der Waals surface area contributed by atoms with Gasteiger partial charge in [-0.05, 0) is 75.4 Å². The van der Waals surface area contributed by atoms with E-state index in [9.17, 15) is 9.59 Å². The van der Waals surface area contributed by atoms with E-state index in [1.807, 2.05) is 24.3 Å². The Labute approximate surface area is 204 Å². The molecule has 0 N–H and O–H groups in total. The third-order valence-corrected chi connectivity index (χ3v) is 5.67. The summed E-state index contributed by atoms with van der Waals surface area (Å²) in [5.74, 6) is 0.275. The molecule has 2 heterocycles. The molecule has 2 aromatic carbocycles. The predicted octanol–water partition coefficient (Wildman–Crippen LogP) is 6.73. The van der Waals surface area contributed by atoms with Gasteiger partial charge in [-0.25, -0.2) is 4.79 Å². The molecule has 0 saturated heterocycles. The minimum Gasteiger partial charge on any atom is -0.459 e. The first-order valence-electron chi connectivity index (χ1n) is 10.2. The molecule has 0 spiro atoms. The van der Waals surface area contributed by atoms with E-state index in [0.717, 1.165) is 4.47 Å². The first-order valence-corrected chi connectivity index (χ1v) is 11.4. The number of carbonyl (C=O) groups excluding carboxylic acids is 2. The second-order valence-corrected chi connectivity index (χ2v) is 9.01. The summed E-state index contributed by atoms with van der Waals surface area (Å²) in [7, 11) is 0. The summed E-state index contributed by atoms with van der Waals surface area (Å²) in [6, 6.07) is 15.9. The summed E-state index contributed by atoms with van der Waals surface area (Å²) in [5.41, 5.74) is 2.62. The molecule has 4 rings (SSSR count). The van der Waals surface area contributed by atoms with Gasteiger partial charge in [0.05, 0.1) is 33.7 Å². The summed E-state index contributed by atoms with van der Waals surface area (Å²) >= 11 is 9.60. The summed E-state index contributed by atoms with van der Waals surface area (Å²) in [4.78, 5) is 25.3. The number of furan rings is 1. The zero-order chi connectivity index (χ0) is 23.7. The standard InChI is InChI=1S/C25H20BrClN2O4/c1-14(2)32-25(31)21-11-16(7-9-22(21)27)23-10-8-19(33-23)13-20-15(3)28-29(24(20)30)18-6-4-5-17(26)12-18/h4-14H,1-3H3/b20-13-. The Hall–Kier alpha value is -3.16. The summed E-state index contributed by atoms with van der Waals surface area (Å²) in [6.45, 7) is 5.32. The average Bonchev–Trinajstić information content (AvgIpc) is 3.34. The van der Waals surface area contributed by atoms with E-state index in [1.165, 1.54) is 5.01 Å². The van der Waals surface area contributed by atoms with Crippen molar-refractivity contribution in [1.29, 1.82) is 0 Å². The minimum absolute atomic E-state index is 0.242. The Bertz CT molecular complexity index is 1310. The number of benzene rings is 2. The van der Waals surface area contributed by atoms with Crippen molar-refractivity contribution in [3.8, 4) is 11.3 Å². The number of halogens is 2. The van der Waals surface area contributed by atoms with Crippen LogP contribution >= 0.6 is 27.5 Å². The lowest BCUT2D eigenvalue weighted by atomic mass is 10.1. The fourth-order valence-corrected chi connectivity index (χ4v) is 3.89. The highest BCUT2D eigenvalue weighted by atomic mass is 79.9. The lowest BCUT2D eigenvalue weighted by molar-refractivity contribution is -0.114. The zero-order valence-electron chi connectivity index (χ0n) is 18.1. The molecule has 1 aliphatic heterocycles. The molecule has 1 aromatic heterocycles. The molecule has 0 atom stereocenters. The number of anilines is 1. The van der Waals surface area contributed by atoms with Gasteiger partial charge in [0.15, 0.2) is 0 Å². The molecule has 1 amide bonds. The van der Waals surface area contributed by atoms with E-state index < -0.39 is 5.97 Å². The average molecular weight is 528 g/mol. The van der Waals surface area contributed by atoms with Crippen LogP contribution in [0.2, 0.25) is 5.02 Å². The number of ether oxygens (including phenoxy) is 1. The molecule has 0 fully saturated rings. The van der Waals surface area contributed by atoms with Crippen LogP contribution < -0.4 is 5.01 Å². The van der Waals surface area contributed by atoms with Crippen LogP contribution in [0, 0.1) is 0 Å². The third-order valence-electron chi connectivity index (χ3n) is 4.84. The SMILES string of the molecule is CC1=NN(c2cccc(Br)c2)C(=O)/C1=C\c1ccc(-c2ccc(Cl)c(C(=O)OC(C)C)c2)o1. The first kappa shape index (κ1) is 23.0. The first-order chi connectivity index (χ1) is 15.7. The molecule has 0 radical (unpaired) electrons. The van der Waals surface area contributed by atoms with Gasteiger partial charge in [-0.2, -0.15) is 10.1 Å². The van der Waals surface area contributed by atoms with Crippen molar-refractivity contribution in [3.05, 3.63) is 81.0 Å². The fraction of sp³-hybridized carbons (Fsp3) is 0.160. The summed E-state index contributed by atoms with van der Waals surface area (Å²) < 4.78 is 12.1. The third kappa shape index (κ3) is 4.94. The summed E-state index contributed by atoms with van der Waals surface area (Å²) in [6.07, 6.45) is 1.40. The van der Waals surface area contributed by atoms with Crippen LogP contribution in [0.15, 0.2) is 74.2 Å². The van der Waals surface area contributed by atoms with E-state index in [4.69, 9.17) is 20.8 Å². The van der Waals surface area contributed by atoms with Gasteiger partial charge in [-0.3, -0.25) is 4.79 Å². The molecule has 33 heavy (non-hydrogen) atoms. The van der Waals surface area contributed by atoms with Gasteiger partial charge < -0.3 is 9.15 Å². The van der Waals surface area contributed by atoms with Crippen molar-refractivity contribution >= 4 is 56.9 Å². The van der Waals surface area contributed by atoms with Gasteiger partial charge >= 0.3 is 5.97 Å². The van der Waals surface area contributed by atoms with Crippen molar-refractivity contribution in [3.63, 3.8) is 0 Å². The second kappa shape index (κ2) is 9.37. The molecular formula is C25H20BrClN2O4. The molecule has 3 aromatic rings. The molecule has 0 unspecified atom stereocenters. The maximum absolute atomic E-state index is 13.0. The van der Waals surface area contributed by atoms with E-state index in [1.54, 1.807) is 57.2 Å². The monoisotopic (exact) mass is 526 g/mol. The van der Waals surface area contributed by atoms with Crippen LogP contribution in [0.5, 0.6) is 0 Å². The van der Waals surface area contributed by atoms with E-state index in [-0.39, 0.29) is 17.6 Å². The molecule has 0 saturated carbocycles. The molecule has 6 nitrogen and oxygen atoms in total. The number of amides is 1. The van der Waals surface area contributed by atoms with Gasteiger partial charge in [-0.15, -0.1) is 0 Å². The van der Waals surface area contributed by atoms with Crippen LogP contribution in [-0.4, -0.2) is 23.7 Å². The minimum atomic E-state index is -0.498. The molecular weight excluding hydrogens is 508 g/mol. The van der Waals surface area contributed by atoms with Crippen LogP contribution in [-0.2, 0) is 9.53 Å². The number of carbonyl (C=O) groups is 2. The van der Waals surface area contributed by atoms with Gasteiger partial charge in [0, 0.05) is 10.0 Å². The Morgan fingerprint density at radius 1 is 1.18 bits per heavy atom. The largest absolute Gasteiger partial charge is 0.459 e. The van der Waals surface area contributed by atoms with Crippen LogP contribution in [0.3, 0.4) is 0 Å². The van der Waals surface area contributed by atoms with E-state index in [0.29, 0.717) is 39.1 Å². The number of esters is 1. The smallest absolute Gasteiger partial charge is 0.339 e. The van der Waals surface area contributed by atoms with Crippen LogP contribution in [0.25, 0.3) is 17.4 Å². The van der Waals surface area contributed by atoms with E-state index >= 15 is 0 Å².